The van der Waals surface area contributed by atoms with Crippen molar-refractivity contribution in [2.75, 3.05) is 26.8 Å². The van der Waals surface area contributed by atoms with E-state index in [9.17, 15) is 15.0 Å². The zero-order valence-corrected chi connectivity index (χ0v) is 16.7. The first-order valence-corrected chi connectivity index (χ1v) is 9.59. The van der Waals surface area contributed by atoms with E-state index in [4.69, 9.17) is 4.74 Å². The fourth-order valence-corrected chi connectivity index (χ4v) is 4.36. The van der Waals surface area contributed by atoms with Crippen LogP contribution in [0.3, 0.4) is 0 Å². The number of likely N-dealkylation sites (tertiary alicyclic amines) is 1. The number of rotatable bonds is 5. The van der Waals surface area contributed by atoms with Crippen LogP contribution in [0, 0.1) is 12.3 Å². The second-order valence-electron chi connectivity index (χ2n) is 7.69. The van der Waals surface area contributed by atoms with E-state index in [2.05, 4.69) is 6.92 Å². The van der Waals surface area contributed by atoms with Gasteiger partial charge in [-0.15, -0.1) is 0 Å². The number of amides is 1. The largest absolute Gasteiger partial charge is 0.497 e. The van der Waals surface area contributed by atoms with Crippen LogP contribution in [0.5, 0.6) is 5.75 Å². The molecule has 6 heteroatoms. The molecule has 148 valence electrons. The van der Waals surface area contributed by atoms with Gasteiger partial charge in [-0.2, -0.15) is 0 Å². The molecule has 0 saturated carbocycles. The Morgan fingerprint density at radius 3 is 2.74 bits per heavy atom. The number of piperidine rings is 1. The van der Waals surface area contributed by atoms with Crippen molar-refractivity contribution in [1.29, 1.82) is 0 Å². The van der Waals surface area contributed by atoms with Crippen molar-refractivity contribution in [1.82, 2.24) is 9.47 Å². The molecule has 1 aromatic heterocycles. The number of aryl methyl sites for hydroxylation is 1. The van der Waals surface area contributed by atoms with Gasteiger partial charge in [-0.05, 0) is 38.0 Å². The van der Waals surface area contributed by atoms with Crippen molar-refractivity contribution in [3.8, 4) is 5.75 Å². The monoisotopic (exact) mass is 374 g/mol. The highest BCUT2D eigenvalue weighted by Crippen LogP contribution is 2.37. The van der Waals surface area contributed by atoms with Crippen molar-refractivity contribution in [2.45, 2.75) is 39.2 Å². The summed E-state index contributed by atoms with van der Waals surface area (Å²) in [6, 6.07) is 5.74. The molecule has 3 rings (SSSR count). The van der Waals surface area contributed by atoms with E-state index < -0.39 is 11.5 Å². The van der Waals surface area contributed by atoms with E-state index >= 15 is 0 Å². The standard InChI is InChI=1S/C21H30N2O4/c1-5-8-21(13-24)9-10-23(12-18(21)25)20(26)19-14(2)22(3)17-7-6-15(27-4)11-16(17)19/h6-7,11,18,24-25H,5,8-10,12-13H2,1-4H3/t18-,21+/m0/s1. The number of ether oxygens (including phenoxy) is 1. The van der Waals surface area contributed by atoms with Gasteiger partial charge in [0.2, 0.25) is 0 Å². The van der Waals surface area contributed by atoms with Crippen LogP contribution in [0.1, 0.15) is 42.2 Å². The van der Waals surface area contributed by atoms with E-state index in [1.54, 1.807) is 12.0 Å². The molecule has 27 heavy (non-hydrogen) atoms. The molecule has 0 radical (unpaired) electrons. The molecular weight excluding hydrogens is 344 g/mol. The van der Waals surface area contributed by atoms with Crippen LogP contribution in [0.4, 0.5) is 0 Å². The number of carbonyl (C=O) groups excluding carboxylic acids is 1. The van der Waals surface area contributed by atoms with Crippen molar-refractivity contribution in [3.05, 3.63) is 29.5 Å². The lowest BCUT2D eigenvalue weighted by molar-refractivity contribution is -0.0713. The van der Waals surface area contributed by atoms with E-state index in [0.717, 1.165) is 29.4 Å². The van der Waals surface area contributed by atoms with Gasteiger partial charge in [0.25, 0.3) is 5.91 Å². The Kier molecular flexibility index (Phi) is 5.49. The van der Waals surface area contributed by atoms with E-state index in [0.29, 0.717) is 24.3 Å². The number of nitrogens with zero attached hydrogens (tertiary/aromatic N) is 2. The van der Waals surface area contributed by atoms with Gasteiger partial charge in [0.1, 0.15) is 5.75 Å². The SMILES string of the molecule is CCC[C@]1(CO)CCN(C(=O)c2c(C)n(C)c3ccc(OC)cc23)C[C@@H]1O. The van der Waals surface area contributed by atoms with Gasteiger partial charge >= 0.3 is 0 Å². The van der Waals surface area contributed by atoms with Crippen LogP contribution in [0.15, 0.2) is 18.2 Å². The quantitative estimate of drug-likeness (QED) is 0.843. The fraction of sp³-hybridized carbons (Fsp3) is 0.571. The maximum Gasteiger partial charge on any atom is 0.256 e. The lowest BCUT2D eigenvalue weighted by Crippen LogP contribution is -2.54. The summed E-state index contributed by atoms with van der Waals surface area (Å²) < 4.78 is 7.35. The maximum absolute atomic E-state index is 13.3. The van der Waals surface area contributed by atoms with Crippen molar-refractivity contribution in [3.63, 3.8) is 0 Å². The number of β-amino-alcohol motifs (C(OH)–C–C–N with tert-alkyl or cyclic N) is 1. The molecule has 1 aliphatic heterocycles. The van der Waals surface area contributed by atoms with Crippen LogP contribution in [-0.4, -0.2) is 58.5 Å². The molecule has 0 unspecified atom stereocenters. The molecule has 1 amide bonds. The number of hydrogen-bond acceptors (Lipinski definition) is 4. The molecular formula is C21H30N2O4. The molecule has 0 bridgehead atoms. The van der Waals surface area contributed by atoms with Gasteiger partial charge in [-0.25, -0.2) is 0 Å². The molecule has 2 atom stereocenters. The Balaban J connectivity index is 1.94. The van der Waals surface area contributed by atoms with Crippen LogP contribution >= 0.6 is 0 Å². The van der Waals surface area contributed by atoms with E-state index in [-0.39, 0.29) is 19.1 Å². The number of hydrogen-bond donors (Lipinski definition) is 2. The number of benzene rings is 1. The van der Waals surface area contributed by atoms with Crippen LogP contribution in [0.2, 0.25) is 0 Å². The first-order chi connectivity index (χ1) is 12.9. The lowest BCUT2D eigenvalue weighted by Gasteiger charge is -2.44. The Hall–Kier alpha value is -2.05. The topological polar surface area (TPSA) is 74.9 Å². The average molecular weight is 374 g/mol. The zero-order chi connectivity index (χ0) is 19.8. The van der Waals surface area contributed by atoms with Crippen LogP contribution in [0.25, 0.3) is 10.9 Å². The first-order valence-electron chi connectivity index (χ1n) is 9.59. The van der Waals surface area contributed by atoms with Gasteiger partial charge in [0.15, 0.2) is 0 Å². The third-order valence-corrected chi connectivity index (χ3v) is 6.24. The molecule has 0 spiro atoms. The van der Waals surface area contributed by atoms with Crippen LogP contribution in [-0.2, 0) is 7.05 Å². The molecule has 1 saturated heterocycles. The number of aliphatic hydroxyl groups excluding tert-OH is 2. The molecule has 2 aromatic rings. The Labute approximate surface area is 160 Å². The minimum Gasteiger partial charge on any atom is -0.497 e. The van der Waals surface area contributed by atoms with Gasteiger partial charge in [0, 0.05) is 42.1 Å². The molecule has 1 aliphatic rings. The second-order valence-corrected chi connectivity index (χ2v) is 7.69. The summed E-state index contributed by atoms with van der Waals surface area (Å²) in [5.41, 5.74) is 2.03. The molecule has 1 fully saturated rings. The lowest BCUT2D eigenvalue weighted by atomic mass is 9.73. The van der Waals surface area contributed by atoms with Gasteiger partial charge < -0.3 is 24.4 Å². The van der Waals surface area contributed by atoms with E-state index in [1.165, 1.54) is 0 Å². The summed E-state index contributed by atoms with van der Waals surface area (Å²) in [6.07, 6.45) is 1.55. The zero-order valence-electron chi connectivity index (χ0n) is 16.7. The van der Waals surface area contributed by atoms with Gasteiger partial charge in [-0.1, -0.05) is 13.3 Å². The highest BCUT2D eigenvalue weighted by molar-refractivity contribution is 6.08. The number of carbonyl (C=O) groups is 1. The third-order valence-electron chi connectivity index (χ3n) is 6.24. The molecule has 2 heterocycles. The Bertz CT molecular complexity index is 844. The number of aliphatic hydroxyl groups is 2. The molecule has 2 N–H and O–H groups in total. The molecule has 0 aliphatic carbocycles. The predicted octanol–water partition coefficient (Wildman–Crippen LogP) is 2.48. The second kappa shape index (κ2) is 7.52. The number of methoxy groups -OCH3 is 1. The Morgan fingerprint density at radius 1 is 1.41 bits per heavy atom. The summed E-state index contributed by atoms with van der Waals surface area (Å²) in [7, 11) is 3.56. The first kappa shape index (κ1) is 19.7. The Morgan fingerprint density at radius 2 is 2.15 bits per heavy atom. The number of fused-ring (bicyclic) bond motifs is 1. The predicted molar refractivity (Wildman–Crippen MR) is 105 cm³/mol. The summed E-state index contributed by atoms with van der Waals surface area (Å²) in [5, 5.41) is 21.4. The summed E-state index contributed by atoms with van der Waals surface area (Å²) in [4.78, 5) is 15.1. The van der Waals surface area contributed by atoms with Gasteiger partial charge in [0.05, 0.1) is 25.4 Å². The van der Waals surface area contributed by atoms with Crippen molar-refractivity contribution < 1.29 is 19.7 Å². The van der Waals surface area contributed by atoms with Crippen LogP contribution < -0.4 is 4.74 Å². The summed E-state index contributed by atoms with van der Waals surface area (Å²) >= 11 is 0. The molecule has 1 aromatic carbocycles. The normalized spacial score (nSPS) is 23.0. The third kappa shape index (κ3) is 3.21. The minimum atomic E-state index is -0.718. The highest BCUT2D eigenvalue weighted by Gasteiger charge is 2.42. The van der Waals surface area contributed by atoms with Gasteiger partial charge in [-0.3, -0.25) is 4.79 Å². The summed E-state index contributed by atoms with van der Waals surface area (Å²) in [5.74, 6) is 0.636. The fourth-order valence-electron chi connectivity index (χ4n) is 4.36. The average Bonchev–Trinajstić information content (AvgIpc) is 2.93. The number of aromatic nitrogens is 1. The highest BCUT2D eigenvalue weighted by atomic mass is 16.5. The van der Waals surface area contributed by atoms with Crippen molar-refractivity contribution >= 4 is 16.8 Å². The smallest absolute Gasteiger partial charge is 0.256 e. The minimum absolute atomic E-state index is 0.0471. The van der Waals surface area contributed by atoms with Crippen molar-refractivity contribution in [2.24, 2.45) is 12.5 Å². The molecule has 6 nitrogen and oxygen atoms in total. The van der Waals surface area contributed by atoms with E-state index in [1.807, 2.05) is 36.7 Å². The summed E-state index contributed by atoms with van der Waals surface area (Å²) in [6.45, 7) is 4.73. The maximum atomic E-state index is 13.3.